The van der Waals surface area contributed by atoms with Crippen molar-refractivity contribution in [2.45, 2.75) is 45.8 Å². The second kappa shape index (κ2) is 6.11. The molecule has 1 rings (SSSR count). The molecule has 1 heterocycles. The second-order valence-corrected chi connectivity index (χ2v) is 5.96. The van der Waals surface area contributed by atoms with Crippen molar-refractivity contribution in [3.05, 3.63) is 0 Å². The number of carbonyl (C=O) groups excluding carboxylic acids is 2. The van der Waals surface area contributed by atoms with Crippen LogP contribution < -0.4 is 0 Å². The van der Waals surface area contributed by atoms with Crippen molar-refractivity contribution in [2.24, 2.45) is 0 Å². The van der Waals surface area contributed by atoms with Gasteiger partial charge >= 0.3 is 12.2 Å². The molecule has 0 aliphatic carbocycles. The van der Waals surface area contributed by atoms with E-state index in [-0.39, 0.29) is 31.8 Å². The summed E-state index contributed by atoms with van der Waals surface area (Å²) in [5, 5.41) is 9.01. The summed E-state index contributed by atoms with van der Waals surface area (Å²) in [7, 11) is 0. The van der Waals surface area contributed by atoms with E-state index in [1.165, 1.54) is 16.7 Å². The lowest BCUT2D eigenvalue weighted by Gasteiger charge is -2.40. The van der Waals surface area contributed by atoms with E-state index >= 15 is 0 Å². The first kappa shape index (κ1) is 16.3. The molecule has 2 amide bonds. The van der Waals surface area contributed by atoms with Crippen molar-refractivity contribution in [3.8, 4) is 0 Å². The van der Waals surface area contributed by atoms with Crippen LogP contribution in [0.15, 0.2) is 0 Å². The van der Waals surface area contributed by atoms with Crippen LogP contribution in [0.5, 0.6) is 0 Å². The lowest BCUT2D eigenvalue weighted by Crippen LogP contribution is -2.57. The van der Waals surface area contributed by atoms with E-state index in [9.17, 15) is 14.4 Å². The van der Waals surface area contributed by atoms with Crippen LogP contribution in [-0.2, 0) is 9.53 Å². The minimum absolute atomic E-state index is 0.0872. The monoisotopic (exact) mass is 286 g/mol. The number of rotatable bonds is 2. The van der Waals surface area contributed by atoms with Gasteiger partial charge in [-0.25, -0.2) is 9.59 Å². The average Bonchev–Trinajstić information content (AvgIpc) is 2.25. The smallest absolute Gasteiger partial charge is 0.410 e. The molecule has 0 aromatic carbocycles. The molecule has 20 heavy (non-hydrogen) atoms. The topological polar surface area (TPSA) is 87.2 Å². The molecule has 0 spiro atoms. The third kappa shape index (κ3) is 4.71. The van der Waals surface area contributed by atoms with Gasteiger partial charge < -0.3 is 19.6 Å². The number of ether oxygens (including phenoxy) is 1. The maximum Gasteiger partial charge on any atom is 0.410 e. The van der Waals surface area contributed by atoms with Crippen LogP contribution in [0.3, 0.4) is 0 Å². The Labute approximate surface area is 118 Å². The molecular formula is C13H22N2O5. The molecule has 0 radical (unpaired) electrons. The highest BCUT2D eigenvalue weighted by Crippen LogP contribution is 2.18. The van der Waals surface area contributed by atoms with Gasteiger partial charge in [-0.3, -0.25) is 4.79 Å². The quantitative estimate of drug-likeness (QED) is 0.832. The van der Waals surface area contributed by atoms with Gasteiger partial charge in [-0.2, -0.15) is 0 Å². The fourth-order valence-corrected chi connectivity index (χ4v) is 2.10. The van der Waals surface area contributed by atoms with Crippen molar-refractivity contribution < 1.29 is 24.2 Å². The lowest BCUT2D eigenvalue weighted by molar-refractivity contribution is -0.118. The molecule has 1 atom stereocenters. The van der Waals surface area contributed by atoms with E-state index < -0.39 is 23.8 Å². The van der Waals surface area contributed by atoms with Crippen LogP contribution in [0.25, 0.3) is 0 Å². The molecule has 0 aromatic rings. The van der Waals surface area contributed by atoms with Crippen LogP contribution in [0, 0.1) is 0 Å². The second-order valence-electron chi connectivity index (χ2n) is 5.96. The van der Waals surface area contributed by atoms with Crippen molar-refractivity contribution in [3.63, 3.8) is 0 Å². The Kier molecular flexibility index (Phi) is 4.97. The Morgan fingerprint density at radius 3 is 2.30 bits per heavy atom. The standard InChI is InChI=1S/C13H22N2O5/c1-9(16)7-10-8-14(11(17)18)5-6-15(10)12(19)20-13(2,3)4/h10H,5-8H2,1-4H3,(H,17,18). The predicted octanol–water partition coefficient (Wildman–Crippen LogP) is 1.56. The van der Waals surface area contributed by atoms with Gasteiger partial charge in [0.2, 0.25) is 0 Å². The molecule has 1 unspecified atom stereocenters. The van der Waals surface area contributed by atoms with Crippen LogP contribution in [0.2, 0.25) is 0 Å². The first-order valence-electron chi connectivity index (χ1n) is 6.57. The maximum atomic E-state index is 12.1. The summed E-state index contributed by atoms with van der Waals surface area (Å²) in [5.74, 6) is -0.0872. The largest absolute Gasteiger partial charge is 0.465 e. The summed E-state index contributed by atoms with van der Waals surface area (Å²) in [5.41, 5.74) is -0.623. The molecule has 7 heteroatoms. The Morgan fingerprint density at radius 2 is 1.85 bits per heavy atom. The van der Waals surface area contributed by atoms with Gasteiger partial charge in [0.25, 0.3) is 0 Å². The maximum absolute atomic E-state index is 12.1. The summed E-state index contributed by atoms with van der Waals surface area (Å²) >= 11 is 0. The highest BCUT2D eigenvalue weighted by Gasteiger charge is 2.35. The molecule has 7 nitrogen and oxygen atoms in total. The van der Waals surface area contributed by atoms with Crippen LogP contribution in [0.1, 0.15) is 34.1 Å². The Bertz CT molecular complexity index is 402. The van der Waals surface area contributed by atoms with E-state index in [1.54, 1.807) is 20.8 Å². The van der Waals surface area contributed by atoms with Crippen molar-refractivity contribution in [1.82, 2.24) is 9.80 Å². The molecule has 0 saturated carbocycles. The molecule has 1 aliphatic rings. The van der Waals surface area contributed by atoms with Crippen LogP contribution in [-0.4, -0.2) is 64.2 Å². The highest BCUT2D eigenvalue weighted by atomic mass is 16.6. The van der Waals surface area contributed by atoms with E-state index in [1.807, 2.05) is 0 Å². The highest BCUT2D eigenvalue weighted by molar-refractivity contribution is 5.78. The van der Waals surface area contributed by atoms with E-state index in [2.05, 4.69) is 0 Å². The van der Waals surface area contributed by atoms with Gasteiger partial charge in [-0.05, 0) is 27.7 Å². The zero-order valence-electron chi connectivity index (χ0n) is 12.4. The van der Waals surface area contributed by atoms with Gasteiger partial charge in [0.1, 0.15) is 11.4 Å². The number of hydrogen-bond donors (Lipinski definition) is 1. The number of ketones is 1. The van der Waals surface area contributed by atoms with Gasteiger partial charge in [0, 0.05) is 26.1 Å². The third-order valence-electron chi connectivity index (χ3n) is 2.90. The minimum atomic E-state index is -1.04. The fourth-order valence-electron chi connectivity index (χ4n) is 2.10. The molecule has 1 N–H and O–H groups in total. The Hall–Kier alpha value is -1.79. The lowest BCUT2D eigenvalue weighted by atomic mass is 10.1. The van der Waals surface area contributed by atoms with Crippen LogP contribution in [0.4, 0.5) is 9.59 Å². The van der Waals surface area contributed by atoms with Crippen molar-refractivity contribution in [2.75, 3.05) is 19.6 Å². The molecule has 114 valence electrons. The number of hydrogen-bond acceptors (Lipinski definition) is 4. The summed E-state index contributed by atoms with van der Waals surface area (Å²) < 4.78 is 5.29. The molecule has 1 fully saturated rings. The zero-order valence-corrected chi connectivity index (χ0v) is 12.4. The first-order chi connectivity index (χ1) is 9.10. The summed E-state index contributed by atoms with van der Waals surface area (Å²) in [6, 6.07) is -0.466. The minimum Gasteiger partial charge on any atom is -0.465 e. The number of piperazine rings is 1. The number of amides is 2. The van der Waals surface area contributed by atoms with E-state index in [0.717, 1.165) is 0 Å². The predicted molar refractivity (Wildman–Crippen MR) is 71.6 cm³/mol. The summed E-state index contributed by atoms with van der Waals surface area (Å²) in [6.07, 6.45) is -1.42. The zero-order chi connectivity index (χ0) is 15.5. The van der Waals surface area contributed by atoms with E-state index in [4.69, 9.17) is 9.84 Å². The molecule has 1 aliphatic heterocycles. The molecule has 0 aromatic heterocycles. The summed E-state index contributed by atoms with van der Waals surface area (Å²) in [6.45, 7) is 7.30. The SMILES string of the molecule is CC(=O)CC1CN(C(=O)O)CCN1C(=O)OC(C)(C)C. The van der Waals surface area contributed by atoms with Crippen molar-refractivity contribution >= 4 is 18.0 Å². The van der Waals surface area contributed by atoms with Gasteiger partial charge in [-0.15, -0.1) is 0 Å². The molecular weight excluding hydrogens is 264 g/mol. The number of carbonyl (C=O) groups is 3. The normalized spacial score (nSPS) is 19.7. The average molecular weight is 286 g/mol. The third-order valence-corrected chi connectivity index (χ3v) is 2.90. The van der Waals surface area contributed by atoms with Crippen LogP contribution >= 0.6 is 0 Å². The Balaban J connectivity index is 2.79. The molecule has 1 saturated heterocycles. The Morgan fingerprint density at radius 1 is 1.25 bits per heavy atom. The van der Waals surface area contributed by atoms with E-state index in [0.29, 0.717) is 0 Å². The fraction of sp³-hybridized carbons (Fsp3) is 0.769. The first-order valence-corrected chi connectivity index (χ1v) is 6.57. The number of nitrogens with zero attached hydrogens (tertiary/aromatic N) is 2. The summed E-state index contributed by atoms with van der Waals surface area (Å²) in [4.78, 5) is 37.1. The van der Waals surface area contributed by atoms with Gasteiger partial charge in [0.05, 0.1) is 6.04 Å². The molecule has 0 bridgehead atoms. The van der Waals surface area contributed by atoms with Gasteiger partial charge in [-0.1, -0.05) is 0 Å². The van der Waals surface area contributed by atoms with Crippen molar-refractivity contribution in [1.29, 1.82) is 0 Å². The number of Topliss-reactive ketones (excluding diaryl/α,β-unsaturated/α-hetero) is 1. The number of carboxylic acid groups (broad SMARTS) is 1. The van der Waals surface area contributed by atoms with Gasteiger partial charge in [0.15, 0.2) is 0 Å².